The molecule has 2 aromatic heterocycles. The first kappa shape index (κ1) is 23.9. The van der Waals surface area contributed by atoms with Crippen LogP contribution in [0.25, 0.3) is 15.9 Å². The van der Waals surface area contributed by atoms with Crippen molar-refractivity contribution in [2.24, 2.45) is 5.10 Å². The van der Waals surface area contributed by atoms with E-state index in [1.807, 2.05) is 24.3 Å². The van der Waals surface area contributed by atoms with E-state index >= 15 is 0 Å². The van der Waals surface area contributed by atoms with E-state index in [0.717, 1.165) is 40.5 Å². The van der Waals surface area contributed by atoms with Gasteiger partial charge in [-0.3, -0.25) is 14.2 Å². The first-order valence-electron chi connectivity index (χ1n) is 11.0. The van der Waals surface area contributed by atoms with Crippen molar-refractivity contribution in [1.29, 1.82) is 0 Å². The van der Waals surface area contributed by atoms with Gasteiger partial charge in [-0.1, -0.05) is 45.9 Å². The second-order valence-corrected chi connectivity index (χ2v) is 10.9. The fourth-order valence-corrected chi connectivity index (χ4v) is 6.39. The number of amides is 1. The molecule has 1 N–H and O–H groups in total. The van der Waals surface area contributed by atoms with Crippen LogP contribution in [0.2, 0.25) is 0 Å². The van der Waals surface area contributed by atoms with Crippen LogP contribution in [0.5, 0.6) is 0 Å². The number of thioether (sulfide) groups is 1. The molecule has 0 spiro atoms. The first-order chi connectivity index (χ1) is 17.0. The van der Waals surface area contributed by atoms with Crippen molar-refractivity contribution < 1.29 is 9.18 Å². The van der Waals surface area contributed by atoms with Crippen molar-refractivity contribution in [1.82, 2.24) is 15.0 Å². The zero-order valence-electron chi connectivity index (χ0n) is 18.5. The molecular formula is C25H20BrFN4O2S2. The van der Waals surface area contributed by atoms with Crippen molar-refractivity contribution in [3.63, 3.8) is 0 Å². The number of fused-ring (bicyclic) bond motifs is 3. The molecule has 10 heteroatoms. The molecule has 0 aliphatic heterocycles. The molecule has 1 aliphatic carbocycles. The Kier molecular flexibility index (Phi) is 7.12. The third-order valence-corrected chi connectivity index (χ3v) is 8.33. The molecule has 2 heterocycles. The van der Waals surface area contributed by atoms with Gasteiger partial charge in [-0.2, -0.15) is 5.10 Å². The maximum absolute atomic E-state index is 13.7. The molecule has 0 radical (unpaired) electrons. The highest BCUT2D eigenvalue weighted by atomic mass is 79.9. The van der Waals surface area contributed by atoms with Crippen LogP contribution in [0, 0.1) is 5.82 Å². The lowest BCUT2D eigenvalue weighted by Gasteiger charge is -2.13. The van der Waals surface area contributed by atoms with E-state index in [1.54, 1.807) is 34.1 Å². The van der Waals surface area contributed by atoms with Crippen LogP contribution in [0.4, 0.5) is 4.39 Å². The largest absolute Gasteiger partial charge is 0.272 e. The molecule has 0 atom stereocenters. The normalized spacial score (nSPS) is 13.3. The highest BCUT2D eigenvalue weighted by Crippen LogP contribution is 2.35. The summed E-state index contributed by atoms with van der Waals surface area (Å²) >= 11 is 6.18. The van der Waals surface area contributed by atoms with Gasteiger partial charge in [0.1, 0.15) is 10.6 Å². The summed E-state index contributed by atoms with van der Waals surface area (Å²) in [6.45, 7) is 0. The minimum absolute atomic E-state index is 0.00578. The van der Waals surface area contributed by atoms with Gasteiger partial charge in [0.15, 0.2) is 5.16 Å². The van der Waals surface area contributed by atoms with Gasteiger partial charge < -0.3 is 0 Å². The number of carbonyl (C=O) groups excluding carboxylic acids is 1. The summed E-state index contributed by atoms with van der Waals surface area (Å²) in [4.78, 5) is 32.9. The Hall–Kier alpha value is -2.82. The van der Waals surface area contributed by atoms with E-state index in [0.29, 0.717) is 16.2 Å². The number of aromatic nitrogens is 2. The molecule has 5 rings (SSSR count). The molecule has 2 aromatic carbocycles. The van der Waals surface area contributed by atoms with Crippen LogP contribution < -0.4 is 11.0 Å². The second-order valence-electron chi connectivity index (χ2n) is 8.01. The number of nitrogens with one attached hydrogen (secondary N) is 1. The molecular weight excluding hydrogens is 551 g/mol. The number of carbonyl (C=O) groups is 1. The van der Waals surface area contributed by atoms with Crippen LogP contribution in [0.15, 0.2) is 68.1 Å². The molecule has 6 nitrogen and oxygen atoms in total. The van der Waals surface area contributed by atoms with Gasteiger partial charge in [0, 0.05) is 14.9 Å². The Labute approximate surface area is 217 Å². The van der Waals surface area contributed by atoms with Crippen LogP contribution >= 0.6 is 39.0 Å². The summed E-state index contributed by atoms with van der Waals surface area (Å²) in [5.41, 5.74) is 4.38. The standard InChI is InChI=1S/C25H20BrFN4O2S2/c26-16-9-11-17(12-10-16)31-24(33)22-18-6-2-4-8-20(18)35-23(22)29-25(31)34-14-21(32)30-28-13-15-5-1-3-7-19(15)27/h1,3,5,7,9-13H,2,4,6,8,14H2,(H,30,32). The van der Waals surface area contributed by atoms with Gasteiger partial charge in [0.25, 0.3) is 11.5 Å². The highest BCUT2D eigenvalue weighted by molar-refractivity contribution is 9.10. The van der Waals surface area contributed by atoms with E-state index < -0.39 is 5.82 Å². The number of benzene rings is 2. The molecule has 178 valence electrons. The zero-order valence-corrected chi connectivity index (χ0v) is 21.7. The summed E-state index contributed by atoms with van der Waals surface area (Å²) in [6, 6.07) is 13.6. The number of halogens is 2. The average Bonchev–Trinajstić information content (AvgIpc) is 3.23. The quantitative estimate of drug-likeness (QED) is 0.144. The fourth-order valence-electron chi connectivity index (χ4n) is 4.02. The zero-order chi connectivity index (χ0) is 24.4. The van der Waals surface area contributed by atoms with Crippen molar-refractivity contribution in [3.05, 3.63) is 85.2 Å². The predicted molar refractivity (Wildman–Crippen MR) is 142 cm³/mol. The second kappa shape index (κ2) is 10.4. The summed E-state index contributed by atoms with van der Waals surface area (Å²) in [6.07, 6.45) is 5.31. The smallest absolute Gasteiger partial charge is 0.267 e. The first-order valence-corrected chi connectivity index (χ1v) is 13.6. The average molecular weight is 571 g/mol. The number of nitrogens with zero attached hydrogens (tertiary/aromatic N) is 3. The molecule has 0 saturated carbocycles. The number of hydrogen-bond acceptors (Lipinski definition) is 6. The van der Waals surface area contributed by atoms with E-state index in [-0.39, 0.29) is 22.8 Å². The van der Waals surface area contributed by atoms with Crippen molar-refractivity contribution in [2.45, 2.75) is 30.8 Å². The van der Waals surface area contributed by atoms with Gasteiger partial charge in [0.05, 0.1) is 23.0 Å². The predicted octanol–water partition coefficient (Wildman–Crippen LogP) is 5.47. The number of rotatable bonds is 6. The van der Waals surface area contributed by atoms with Crippen LogP contribution in [0.3, 0.4) is 0 Å². The molecule has 0 unspecified atom stereocenters. The number of aryl methyl sites for hydroxylation is 2. The minimum Gasteiger partial charge on any atom is -0.272 e. The molecule has 35 heavy (non-hydrogen) atoms. The van der Waals surface area contributed by atoms with Crippen LogP contribution in [-0.2, 0) is 17.6 Å². The van der Waals surface area contributed by atoms with Gasteiger partial charge in [0.2, 0.25) is 0 Å². The third kappa shape index (κ3) is 5.10. The van der Waals surface area contributed by atoms with E-state index in [4.69, 9.17) is 4.98 Å². The van der Waals surface area contributed by atoms with Crippen molar-refractivity contribution in [3.8, 4) is 5.69 Å². The SMILES string of the molecule is O=C(CSc1nc2sc3c(c2c(=O)n1-c1ccc(Br)cc1)CCCC3)NN=Cc1ccccc1F. The fraction of sp³-hybridized carbons (Fsp3) is 0.200. The lowest BCUT2D eigenvalue weighted by Crippen LogP contribution is -2.24. The maximum Gasteiger partial charge on any atom is 0.267 e. The number of hydrogen-bond donors (Lipinski definition) is 1. The molecule has 0 saturated heterocycles. The molecule has 1 amide bonds. The molecule has 0 fully saturated rings. The Morgan fingerprint density at radius 3 is 2.77 bits per heavy atom. The van der Waals surface area contributed by atoms with E-state index in [2.05, 4.69) is 26.5 Å². The minimum atomic E-state index is -0.422. The lowest BCUT2D eigenvalue weighted by atomic mass is 9.97. The molecule has 1 aliphatic rings. The Balaban J connectivity index is 1.44. The van der Waals surface area contributed by atoms with Crippen molar-refractivity contribution in [2.75, 3.05) is 5.75 Å². The van der Waals surface area contributed by atoms with E-state index in [1.165, 1.54) is 28.9 Å². The van der Waals surface area contributed by atoms with Crippen LogP contribution in [0.1, 0.15) is 28.8 Å². The van der Waals surface area contributed by atoms with Gasteiger partial charge in [-0.05, 0) is 61.6 Å². The number of hydrazone groups is 1. The summed E-state index contributed by atoms with van der Waals surface area (Å²) < 4.78 is 16.2. The third-order valence-electron chi connectivity index (χ3n) is 5.67. The van der Waals surface area contributed by atoms with Gasteiger partial charge in [-0.15, -0.1) is 11.3 Å². The van der Waals surface area contributed by atoms with Gasteiger partial charge >= 0.3 is 0 Å². The Bertz CT molecular complexity index is 1500. The maximum atomic E-state index is 13.7. The van der Waals surface area contributed by atoms with Gasteiger partial charge in [-0.25, -0.2) is 14.8 Å². The summed E-state index contributed by atoms with van der Waals surface area (Å²) in [5, 5.41) is 4.98. The molecule has 0 bridgehead atoms. The van der Waals surface area contributed by atoms with E-state index in [9.17, 15) is 14.0 Å². The monoisotopic (exact) mass is 570 g/mol. The number of thiophene rings is 1. The van der Waals surface area contributed by atoms with Crippen LogP contribution in [-0.4, -0.2) is 27.4 Å². The highest BCUT2D eigenvalue weighted by Gasteiger charge is 2.23. The Morgan fingerprint density at radius 2 is 1.97 bits per heavy atom. The summed E-state index contributed by atoms with van der Waals surface area (Å²) in [5.74, 6) is -0.812. The Morgan fingerprint density at radius 1 is 1.20 bits per heavy atom. The lowest BCUT2D eigenvalue weighted by molar-refractivity contribution is -0.118. The topological polar surface area (TPSA) is 76.3 Å². The summed E-state index contributed by atoms with van der Waals surface area (Å²) in [7, 11) is 0. The molecule has 4 aromatic rings. The van der Waals surface area contributed by atoms with Crippen molar-refractivity contribution >= 4 is 61.4 Å².